The second-order valence-electron chi connectivity index (χ2n) is 4.56. The molecule has 0 saturated heterocycles. The minimum atomic E-state index is -0.163. The summed E-state index contributed by atoms with van der Waals surface area (Å²) in [5.41, 5.74) is 3.23. The molecular weight excluding hydrogens is 282 g/mol. The van der Waals surface area contributed by atoms with Crippen molar-refractivity contribution in [3.8, 4) is 10.6 Å². The summed E-state index contributed by atoms with van der Waals surface area (Å²) in [5, 5.41) is 5.76. The second-order valence-corrected chi connectivity index (χ2v) is 5.45. The molecule has 0 unspecified atom stereocenters. The predicted octanol–water partition coefficient (Wildman–Crippen LogP) is 3.77. The molecule has 1 amide bonds. The van der Waals surface area contributed by atoms with Gasteiger partial charge < -0.3 is 5.32 Å². The highest BCUT2D eigenvalue weighted by atomic mass is 32.1. The number of carbonyl (C=O) groups is 1. The zero-order valence-electron chi connectivity index (χ0n) is 11.4. The summed E-state index contributed by atoms with van der Waals surface area (Å²) in [7, 11) is 0. The van der Waals surface area contributed by atoms with Gasteiger partial charge in [0.1, 0.15) is 5.01 Å². The molecule has 3 aromatic rings. The highest BCUT2D eigenvalue weighted by molar-refractivity contribution is 7.13. The maximum Gasteiger partial charge on any atom is 0.257 e. The van der Waals surface area contributed by atoms with Crippen LogP contribution in [-0.4, -0.2) is 15.9 Å². The number of aryl methyl sites for hydroxylation is 1. The zero-order valence-corrected chi connectivity index (χ0v) is 12.2. The van der Waals surface area contributed by atoms with Gasteiger partial charge in [0.25, 0.3) is 5.91 Å². The van der Waals surface area contributed by atoms with Crippen LogP contribution in [0.15, 0.2) is 54.2 Å². The Kier molecular flexibility index (Phi) is 3.75. The summed E-state index contributed by atoms with van der Waals surface area (Å²) in [6, 6.07) is 11.2. The third-order valence-corrected chi connectivity index (χ3v) is 3.82. The Bertz CT molecular complexity index is 734. The average molecular weight is 295 g/mol. The number of pyridine rings is 1. The molecule has 0 atom stereocenters. The fraction of sp³-hybridized carbons (Fsp3) is 0.0625. The first kappa shape index (κ1) is 13.5. The van der Waals surface area contributed by atoms with E-state index in [1.54, 1.807) is 29.8 Å². The number of carbonyl (C=O) groups excluding carboxylic acids is 1. The Morgan fingerprint density at radius 3 is 2.52 bits per heavy atom. The van der Waals surface area contributed by atoms with Crippen molar-refractivity contribution in [3.63, 3.8) is 0 Å². The second kappa shape index (κ2) is 5.85. The minimum Gasteiger partial charge on any atom is -0.322 e. The number of hydrogen-bond donors (Lipinski definition) is 1. The van der Waals surface area contributed by atoms with Crippen molar-refractivity contribution in [2.45, 2.75) is 6.92 Å². The van der Waals surface area contributed by atoms with Gasteiger partial charge in [0.15, 0.2) is 0 Å². The lowest BCUT2D eigenvalue weighted by atomic mass is 10.2. The number of nitrogens with zero attached hydrogens (tertiary/aromatic N) is 2. The van der Waals surface area contributed by atoms with Crippen LogP contribution >= 0.6 is 11.3 Å². The Balaban J connectivity index is 1.73. The first-order valence-corrected chi connectivity index (χ1v) is 7.34. The normalized spacial score (nSPS) is 10.3. The van der Waals surface area contributed by atoms with E-state index < -0.39 is 0 Å². The fourth-order valence-electron chi connectivity index (χ4n) is 1.87. The molecule has 0 spiro atoms. The molecule has 21 heavy (non-hydrogen) atoms. The molecule has 0 aliphatic rings. The fourth-order valence-corrected chi connectivity index (χ4v) is 2.51. The van der Waals surface area contributed by atoms with Crippen LogP contribution in [0.25, 0.3) is 10.6 Å². The maximum absolute atomic E-state index is 12.1. The monoisotopic (exact) mass is 295 g/mol. The van der Waals surface area contributed by atoms with Gasteiger partial charge in [0, 0.05) is 34.7 Å². The van der Waals surface area contributed by atoms with Crippen molar-refractivity contribution in [1.29, 1.82) is 0 Å². The quantitative estimate of drug-likeness (QED) is 0.800. The maximum atomic E-state index is 12.1. The Morgan fingerprint density at radius 1 is 1.10 bits per heavy atom. The van der Waals surface area contributed by atoms with E-state index in [4.69, 9.17) is 0 Å². The van der Waals surface area contributed by atoms with E-state index in [1.165, 1.54) is 0 Å². The molecule has 0 radical (unpaired) electrons. The number of aromatic nitrogens is 2. The molecule has 3 rings (SSSR count). The van der Waals surface area contributed by atoms with Crippen LogP contribution in [-0.2, 0) is 0 Å². The third kappa shape index (κ3) is 3.14. The van der Waals surface area contributed by atoms with Crippen LogP contribution in [0.2, 0.25) is 0 Å². The number of hydrogen-bond acceptors (Lipinski definition) is 4. The van der Waals surface area contributed by atoms with E-state index in [0.29, 0.717) is 5.56 Å². The van der Waals surface area contributed by atoms with Gasteiger partial charge in [-0.2, -0.15) is 0 Å². The van der Waals surface area contributed by atoms with Gasteiger partial charge in [-0.15, -0.1) is 11.3 Å². The van der Waals surface area contributed by atoms with Crippen LogP contribution < -0.4 is 5.32 Å². The topological polar surface area (TPSA) is 54.9 Å². The van der Waals surface area contributed by atoms with Gasteiger partial charge in [-0.1, -0.05) is 0 Å². The molecule has 0 bridgehead atoms. The van der Waals surface area contributed by atoms with E-state index in [0.717, 1.165) is 22.0 Å². The smallest absolute Gasteiger partial charge is 0.257 e. The summed E-state index contributed by atoms with van der Waals surface area (Å²) >= 11 is 1.59. The lowest BCUT2D eigenvalue weighted by Crippen LogP contribution is -2.12. The van der Waals surface area contributed by atoms with Gasteiger partial charge in [-0.05, 0) is 43.3 Å². The summed E-state index contributed by atoms with van der Waals surface area (Å²) in [4.78, 5) is 20.5. The Hall–Kier alpha value is -2.53. The van der Waals surface area contributed by atoms with Crippen LogP contribution in [0.1, 0.15) is 16.1 Å². The minimum absolute atomic E-state index is 0.163. The van der Waals surface area contributed by atoms with Crippen LogP contribution in [0.5, 0.6) is 0 Å². The van der Waals surface area contributed by atoms with Crippen molar-refractivity contribution in [1.82, 2.24) is 9.97 Å². The first-order chi connectivity index (χ1) is 10.2. The lowest BCUT2D eigenvalue weighted by Gasteiger charge is -2.06. The van der Waals surface area contributed by atoms with E-state index in [1.807, 2.05) is 42.6 Å². The van der Waals surface area contributed by atoms with E-state index in [-0.39, 0.29) is 5.91 Å². The molecule has 1 N–H and O–H groups in total. The SMILES string of the molecule is Cc1ccc(C(=O)Nc2ccc(-c3nccs3)cc2)cn1. The molecule has 2 heterocycles. The molecule has 5 heteroatoms. The molecule has 0 saturated carbocycles. The Labute approximate surface area is 126 Å². The number of nitrogens with one attached hydrogen (secondary N) is 1. The number of anilines is 1. The van der Waals surface area contributed by atoms with Gasteiger partial charge in [0.2, 0.25) is 0 Å². The van der Waals surface area contributed by atoms with Crippen molar-refractivity contribution in [2.75, 3.05) is 5.32 Å². The van der Waals surface area contributed by atoms with Crippen LogP contribution in [0, 0.1) is 6.92 Å². The molecule has 1 aromatic carbocycles. The molecule has 4 nitrogen and oxygen atoms in total. The summed E-state index contributed by atoms with van der Waals surface area (Å²) in [6.45, 7) is 1.89. The molecule has 104 valence electrons. The summed E-state index contributed by atoms with van der Waals surface area (Å²) in [5.74, 6) is -0.163. The van der Waals surface area contributed by atoms with Gasteiger partial charge in [0.05, 0.1) is 5.56 Å². The third-order valence-electron chi connectivity index (χ3n) is 3.00. The summed E-state index contributed by atoms with van der Waals surface area (Å²) in [6.07, 6.45) is 3.36. The average Bonchev–Trinajstić information content (AvgIpc) is 3.03. The molecule has 0 fully saturated rings. The molecular formula is C16H13N3OS. The highest BCUT2D eigenvalue weighted by Crippen LogP contribution is 2.23. The number of rotatable bonds is 3. The van der Waals surface area contributed by atoms with Gasteiger partial charge in [-0.3, -0.25) is 9.78 Å². The van der Waals surface area contributed by atoms with Crippen molar-refractivity contribution >= 4 is 22.9 Å². The van der Waals surface area contributed by atoms with Crippen LogP contribution in [0.4, 0.5) is 5.69 Å². The first-order valence-electron chi connectivity index (χ1n) is 6.46. The van der Waals surface area contributed by atoms with Crippen LogP contribution in [0.3, 0.4) is 0 Å². The standard InChI is InChI=1S/C16H13N3OS/c1-11-2-3-13(10-18-11)15(20)19-14-6-4-12(5-7-14)16-17-8-9-21-16/h2-10H,1H3,(H,19,20). The van der Waals surface area contributed by atoms with E-state index in [9.17, 15) is 4.79 Å². The van der Waals surface area contributed by atoms with E-state index in [2.05, 4.69) is 15.3 Å². The van der Waals surface area contributed by atoms with E-state index >= 15 is 0 Å². The number of amides is 1. The Morgan fingerprint density at radius 2 is 1.90 bits per heavy atom. The van der Waals surface area contributed by atoms with Crippen molar-refractivity contribution in [3.05, 3.63) is 65.4 Å². The van der Waals surface area contributed by atoms with Crippen molar-refractivity contribution < 1.29 is 4.79 Å². The molecule has 2 aromatic heterocycles. The molecule has 0 aliphatic heterocycles. The summed E-state index contributed by atoms with van der Waals surface area (Å²) < 4.78 is 0. The zero-order chi connectivity index (χ0) is 14.7. The largest absolute Gasteiger partial charge is 0.322 e. The van der Waals surface area contributed by atoms with Gasteiger partial charge >= 0.3 is 0 Å². The molecule has 0 aliphatic carbocycles. The highest BCUT2D eigenvalue weighted by Gasteiger charge is 2.07. The lowest BCUT2D eigenvalue weighted by molar-refractivity contribution is 0.102. The number of thiazole rings is 1. The number of benzene rings is 1. The van der Waals surface area contributed by atoms with Crippen molar-refractivity contribution in [2.24, 2.45) is 0 Å². The van der Waals surface area contributed by atoms with Gasteiger partial charge in [-0.25, -0.2) is 4.98 Å². The predicted molar refractivity (Wildman–Crippen MR) is 84.5 cm³/mol.